The normalized spacial score (nSPS) is 11.8. The Morgan fingerprint density at radius 3 is 2.62 bits per heavy atom. The molecule has 74 valence electrons. The van der Waals surface area contributed by atoms with Gasteiger partial charge >= 0.3 is 0 Å². The second-order valence-corrected chi connectivity index (χ2v) is 2.83. The van der Waals surface area contributed by atoms with E-state index in [1.54, 1.807) is 19.3 Å². The molecule has 4 nitrogen and oxygen atoms in total. The quantitative estimate of drug-likeness (QED) is 0.515. The van der Waals surface area contributed by atoms with E-state index in [0.29, 0.717) is 6.42 Å². The number of hydrogen-bond donors (Lipinski definition) is 1. The lowest BCUT2D eigenvalue weighted by atomic mass is 10.4. The topological polar surface area (TPSA) is 44.7 Å². The van der Waals surface area contributed by atoms with Crippen LogP contribution in [0.2, 0.25) is 0 Å². The summed E-state index contributed by atoms with van der Waals surface area (Å²) in [7, 11) is 5.46. The van der Waals surface area contributed by atoms with Gasteiger partial charge in [-0.15, -0.1) is 0 Å². The zero-order valence-corrected chi connectivity index (χ0v) is 8.66. The first-order chi connectivity index (χ1) is 6.07. The van der Waals surface area contributed by atoms with Crippen LogP contribution in [0.3, 0.4) is 0 Å². The maximum absolute atomic E-state index is 10.8. The minimum Gasteiger partial charge on any atom is -0.366 e. The predicted octanol–water partition coefficient (Wildman–Crippen LogP) is 0.616. The van der Waals surface area contributed by atoms with Crippen LogP contribution in [0.1, 0.15) is 13.3 Å². The average Bonchev–Trinajstić information content (AvgIpc) is 2.11. The van der Waals surface area contributed by atoms with Gasteiger partial charge in [0.05, 0.1) is 0 Å². The van der Waals surface area contributed by atoms with E-state index in [1.807, 2.05) is 25.9 Å². The lowest BCUT2D eigenvalue weighted by molar-refractivity contribution is -0.119. The molecular weight excluding hydrogens is 166 g/mol. The van der Waals surface area contributed by atoms with Crippen LogP contribution in [0.4, 0.5) is 0 Å². The number of rotatable bonds is 3. The van der Waals surface area contributed by atoms with Gasteiger partial charge in [0.25, 0.3) is 0 Å². The number of carbonyl (C=O) groups excluding carboxylic acids is 1. The smallest absolute Gasteiger partial charge is 0.223 e. The van der Waals surface area contributed by atoms with Crippen molar-refractivity contribution < 1.29 is 4.79 Å². The van der Waals surface area contributed by atoms with Gasteiger partial charge in [-0.25, -0.2) is 4.99 Å². The van der Waals surface area contributed by atoms with Crippen molar-refractivity contribution in [3.05, 3.63) is 12.3 Å². The summed E-state index contributed by atoms with van der Waals surface area (Å²) in [5.74, 6) is 0.905. The van der Waals surface area contributed by atoms with Crippen molar-refractivity contribution in [2.75, 3.05) is 21.1 Å². The molecule has 0 fully saturated rings. The van der Waals surface area contributed by atoms with Crippen LogP contribution < -0.4 is 5.32 Å². The molecule has 0 radical (unpaired) electrons. The highest BCUT2D eigenvalue weighted by atomic mass is 16.1. The van der Waals surface area contributed by atoms with Gasteiger partial charge in [-0.3, -0.25) is 4.79 Å². The van der Waals surface area contributed by atoms with Crippen molar-refractivity contribution in [1.82, 2.24) is 10.2 Å². The molecule has 0 spiro atoms. The first kappa shape index (κ1) is 11.7. The van der Waals surface area contributed by atoms with E-state index >= 15 is 0 Å². The summed E-state index contributed by atoms with van der Waals surface area (Å²) < 4.78 is 0. The van der Waals surface area contributed by atoms with Gasteiger partial charge in [-0.05, 0) is 6.92 Å². The fraction of sp³-hybridized carbons (Fsp3) is 0.556. The molecule has 0 aromatic heterocycles. The summed E-state index contributed by atoms with van der Waals surface area (Å²) >= 11 is 0. The fourth-order valence-electron chi connectivity index (χ4n) is 0.538. The van der Waals surface area contributed by atoms with Crippen LogP contribution >= 0.6 is 0 Å². The minimum absolute atomic E-state index is 0.00560. The zero-order chi connectivity index (χ0) is 10.3. The fourth-order valence-corrected chi connectivity index (χ4v) is 0.538. The molecule has 4 heteroatoms. The Morgan fingerprint density at radius 1 is 1.54 bits per heavy atom. The Bertz CT molecular complexity index is 219. The Labute approximate surface area is 79.3 Å². The number of amides is 1. The summed E-state index contributed by atoms with van der Waals surface area (Å²) in [6, 6.07) is 0. The van der Waals surface area contributed by atoms with E-state index in [4.69, 9.17) is 0 Å². The maximum Gasteiger partial charge on any atom is 0.223 e. The molecule has 1 amide bonds. The van der Waals surface area contributed by atoms with Gasteiger partial charge in [0, 0.05) is 33.8 Å². The molecule has 1 N–H and O–H groups in total. The first-order valence-corrected chi connectivity index (χ1v) is 4.15. The molecule has 0 atom stereocenters. The van der Waals surface area contributed by atoms with Gasteiger partial charge in [-0.1, -0.05) is 6.08 Å². The summed E-state index contributed by atoms with van der Waals surface area (Å²) in [6.07, 6.45) is 3.75. The highest BCUT2D eigenvalue weighted by molar-refractivity contribution is 5.80. The Balaban J connectivity index is 3.87. The molecule has 0 aromatic rings. The molecule has 0 unspecified atom stereocenters. The number of nitrogens with one attached hydrogen (secondary N) is 1. The van der Waals surface area contributed by atoms with E-state index in [-0.39, 0.29) is 5.91 Å². The van der Waals surface area contributed by atoms with Gasteiger partial charge < -0.3 is 10.2 Å². The largest absolute Gasteiger partial charge is 0.366 e. The van der Waals surface area contributed by atoms with Crippen molar-refractivity contribution >= 4 is 11.7 Å². The molecule has 0 aliphatic rings. The second-order valence-electron chi connectivity index (χ2n) is 2.83. The van der Waals surface area contributed by atoms with Crippen molar-refractivity contribution in [2.24, 2.45) is 4.99 Å². The first-order valence-electron chi connectivity index (χ1n) is 4.15. The van der Waals surface area contributed by atoms with Crippen LogP contribution in [0.25, 0.3) is 0 Å². The highest BCUT2D eigenvalue weighted by Crippen LogP contribution is 1.87. The van der Waals surface area contributed by atoms with Gasteiger partial charge in [0.2, 0.25) is 5.91 Å². The molecule has 13 heavy (non-hydrogen) atoms. The van der Waals surface area contributed by atoms with E-state index in [9.17, 15) is 4.79 Å². The number of carbonyl (C=O) groups is 1. The molecule has 0 aliphatic carbocycles. The molecule has 0 aliphatic heterocycles. The summed E-state index contributed by atoms with van der Waals surface area (Å²) in [5, 5.41) is 2.53. The van der Waals surface area contributed by atoms with Crippen LogP contribution in [-0.2, 0) is 4.79 Å². The molecule has 0 heterocycles. The molecule has 0 bridgehead atoms. The van der Waals surface area contributed by atoms with Crippen LogP contribution in [0.15, 0.2) is 17.3 Å². The Hall–Kier alpha value is -1.32. The standard InChI is InChI=1S/C9H17N3O/c1-8(12(3)4)11-7-5-6-9(13)10-2/h5,7H,6H2,1-4H3,(H,10,13)/b7-5-,11-8?. The second kappa shape index (κ2) is 6.22. The van der Waals surface area contributed by atoms with Gasteiger partial charge in [0.15, 0.2) is 0 Å². The van der Waals surface area contributed by atoms with Crippen LogP contribution in [-0.4, -0.2) is 37.8 Å². The number of amidine groups is 1. The van der Waals surface area contributed by atoms with Crippen molar-refractivity contribution in [3.8, 4) is 0 Å². The van der Waals surface area contributed by atoms with E-state index in [2.05, 4.69) is 10.3 Å². The van der Waals surface area contributed by atoms with Gasteiger partial charge in [-0.2, -0.15) is 0 Å². The lowest BCUT2D eigenvalue weighted by Gasteiger charge is -2.08. The van der Waals surface area contributed by atoms with Crippen molar-refractivity contribution in [2.45, 2.75) is 13.3 Å². The Kier molecular flexibility index (Phi) is 5.59. The molecule has 0 aromatic carbocycles. The molecule has 0 rings (SSSR count). The molecule has 0 saturated heterocycles. The predicted molar refractivity (Wildman–Crippen MR) is 54.6 cm³/mol. The highest BCUT2D eigenvalue weighted by Gasteiger charge is 1.91. The monoisotopic (exact) mass is 183 g/mol. The lowest BCUT2D eigenvalue weighted by Crippen LogP contribution is -2.17. The van der Waals surface area contributed by atoms with E-state index < -0.39 is 0 Å². The zero-order valence-electron chi connectivity index (χ0n) is 8.66. The van der Waals surface area contributed by atoms with E-state index in [1.165, 1.54) is 0 Å². The van der Waals surface area contributed by atoms with Crippen LogP contribution in [0, 0.1) is 0 Å². The third-order valence-electron chi connectivity index (χ3n) is 1.60. The molecular formula is C9H17N3O. The van der Waals surface area contributed by atoms with Crippen LogP contribution in [0.5, 0.6) is 0 Å². The maximum atomic E-state index is 10.8. The van der Waals surface area contributed by atoms with E-state index in [0.717, 1.165) is 5.84 Å². The summed E-state index contributed by atoms with van der Waals surface area (Å²) in [6.45, 7) is 1.91. The number of nitrogens with zero attached hydrogens (tertiary/aromatic N) is 2. The third-order valence-corrected chi connectivity index (χ3v) is 1.60. The molecule has 0 saturated carbocycles. The average molecular weight is 183 g/mol. The van der Waals surface area contributed by atoms with Crippen molar-refractivity contribution in [1.29, 1.82) is 0 Å². The summed E-state index contributed by atoms with van der Waals surface area (Å²) in [4.78, 5) is 16.8. The third kappa shape index (κ3) is 5.90. The van der Waals surface area contributed by atoms with Gasteiger partial charge in [0.1, 0.15) is 5.84 Å². The van der Waals surface area contributed by atoms with Crippen molar-refractivity contribution in [3.63, 3.8) is 0 Å². The number of aliphatic imine (C=N–C) groups is 1. The minimum atomic E-state index is -0.00560. The Morgan fingerprint density at radius 2 is 2.15 bits per heavy atom. The number of hydrogen-bond acceptors (Lipinski definition) is 2. The SMILES string of the molecule is CNC(=O)C/C=C\N=C(C)N(C)C. The summed E-state index contributed by atoms with van der Waals surface area (Å²) in [5.41, 5.74) is 0.